The molecule has 1 amide bonds. The number of guanidine groups is 1. The van der Waals surface area contributed by atoms with E-state index in [1.165, 1.54) is 12.1 Å². The molecule has 1 aliphatic rings. The number of aliphatic imine (C=N–C) groups is 1. The molecular formula is C20H26FN5O2. The number of amides is 1. The van der Waals surface area contributed by atoms with Crippen LogP contribution in [0.4, 0.5) is 4.39 Å². The lowest BCUT2D eigenvalue weighted by atomic mass is 10.2. The number of carbonyl (C=O) groups excluding carboxylic acids is 1. The molecule has 0 saturated carbocycles. The third kappa shape index (κ3) is 5.09. The normalized spacial score (nSPS) is 17.0. The predicted molar refractivity (Wildman–Crippen MR) is 105 cm³/mol. The van der Waals surface area contributed by atoms with Gasteiger partial charge >= 0.3 is 0 Å². The zero-order valence-electron chi connectivity index (χ0n) is 16.2. The van der Waals surface area contributed by atoms with Crippen molar-refractivity contribution in [1.82, 2.24) is 20.5 Å². The van der Waals surface area contributed by atoms with Gasteiger partial charge in [-0.15, -0.1) is 0 Å². The van der Waals surface area contributed by atoms with E-state index in [-0.39, 0.29) is 17.8 Å². The molecule has 0 bridgehead atoms. The number of halogens is 1. The van der Waals surface area contributed by atoms with E-state index in [2.05, 4.69) is 20.6 Å². The zero-order valence-corrected chi connectivity index (χ0v) is 16.2. The molecule has 0 aliphatic carbocycles. The molecule has 1 aromatic heterocycles. The van der Waals surface area contributed by atoms with E-state index in [1.807, 2.05) is 11.8 Å². The molecule has 0 radical (unpaired) electrons. The SMILES string of the molecule is CCC(=O)N1CCC(NC(=NC)NCCc2coc(-c3ccc(F)cc3)n2)C1. The van der Waals surface area contributed by atoms with Gasteiger partial charge in [-0.2, -0.15) is 0 Å². The van der Waals surface area contributed by atoms with E-state index in [4.69, 9.17) is 4.42 Å². The molecule has 2 aromatic rings. The highest BCUT2D eigenvalue weighted by Gasteiger charge is 2.25. The van der Waals surface area contributed by atoms with Crippen LogP contribution in [0, 0.1) is 5.82 Å². The molecule has 2 heterocycles. The average molecular weight is 387 g/mol. The Morgan fingerprint density at radius 1 is 1.39 bits per heavy atom. The molecule has 1 fully saturated rings. The Hall–Kier alpha value is -2.90. The molecule has 1 atom stereocenters. The second-order valence-electron chi connectivity index (χ2n) is 6.72. The van der Waals surface area contributed by atoms with E-state index in [0.29, 0.717) is 37.8 Å². The van der Waals surface area contributed by atoms with E-state index in [1.54, 1.807) is 25.4 Å². The minimum atomic E-state index is -0.289. The largest absolute Gasteiger partial charge is 0.444 e. The van der Waals surface area contributed by atoms with Crippen molar-refractivity contribution < 1.29 is 13.6 Å². The topological polar surface area (TPSA) is 82.8 Å². The fourth-order valence-corrected chi connectivity index (χ4v) is 3.17. The molecule has 1 aromatic carbocycles. The van der Waals surface area contributed by atoms with E-state index >= 15 is 0 Å². The minimum Gasteiger partial charge on any atom is -0.444 e. The summed E-state index contributed by atoms with van der Waals surface area (Å²) in [6, 6.07) is 6.26. The predicted octanol–water partition coefficient (Wildman–Crippen LogP) is 2.20. The van der Waals surface area contributed by atoms with Gasteiger partial charge in [0.15, 0.2) is 5.96 Å². The van der Waals surface area contributed by atoms with Gasteiger partial charge in [0, 0.05) is 51.1 Å². The van der Waals surface area contributed by atoms with Gasteiger partial charge in [0.25, 0.3) is 0 Å². The first-order valence-electron chi connectivity index (χ1n) is 9.54. The minimum absolute atomic E-state index is 0.190. The summed E-state index contributed by atoms with van der Waals surface area (Å²) in [5, 5.41) is 6.63. The standard InChI is InChI=1S/C20H26FN5O2/c1-3-18(27)26-11-9-16(12-26)25-20(22-2)23-10-8-17-13-28-19(24-17)14-4-6-15(21)7-5-14/h4-7,13,16H,3,8-12H2,1-2H3,(H2,22,23,25). The quantitative estimate of drug-likeness (QED) is 0.587. The maximum atomic E-state index is 13.0. The molecule has 8 heteroatoms. The van der Waals surface area contributed by atoms with Gasteiger partial charge in [-0.25, -0.2) is 9.37 Å². The van der Waals surface area contributed by atoms with Crippen LogP contribution in [-0.4, -0.2) is 54.5 Å². The Labute approximate surface area is 164 Å². The molecule has 3 rings (SSSR count). The number of benzene rings is 1. The first-order chi connectivity index (χ1) is 13.6. The van der Waals surface area contributed by atoms with Gasteiger partial charge in [0.05, 0.1) is 5.69 Å². The Morgan fingerprint density at radius 3 is 2.89 bits per heavy atom. The van der Waals surface area contributed by atoms with Gasteiger partial charge in [0.2, 0.25) is 11.8 Å². The lowest BCUT2D eigenvalue weighted by Crippen LogP contribution is -2.45. The van der Waals surface area contributed by atoms with Gasteiger partial charge in [-0.3, -0.25) is 9.79 Å². The molecule has 28 heavy (non-hydrogen) atoms. The number of rotatable bonds is 6. The Morgan fingerprint density at radius 2 is 2.18 bits per heavy atom. The highest BCUT2D eigenvalue weighted by molar-refractivity contribution is 5.80. The molecule has 1 unspecified atom stereocenters. The Bertz CT molecular complexity index is 818. The summed E-state index contributed by atoms with van der Waals surface area (Å²) in [7, 11) is 1.72. The van der Waals surface area contributed by atoms with Crippen LogP contribution in [0.25, 0.3) is 11.5 Å². The van der Waals surface area contributed by atoms with Gasteiger partial charge in [-0.05, 0) is 30.7 Å². The molecule has 150 valence electrons. The summed E-state index contributed by atoms with van der Waals surface area (Å²) in [6.07, 6.45) is 3.73. The highest BCUT2D eigenvalue weighted by Crippen LogP contribution is 2.19. The van der Waals surface area contributed by atoms with Crippen molar-refractivity contribution in [2.75, 3.05) is 26.7 Å². The number of aromatic nitrogens is 1. The summed E-state index contributed by atoms with van der Waals surface area (Å²) >= 11 is 0. The number of nitrogens with zero attached hydrogens (tertiary/aromatic N) is 3. The summed E-state index contributed by atoms with van der Waals surface area (Å²) in [4.78, 5) is 22.4. The van der Waals surface area contributed by atoms with E-state index < -0.39 is 0 Å². The third-order valence-electron chi connectivity index (χ3n) is 4.72. The van der Waals surface area contributed by atoms with Gasteiger partial charge in [-0.1, -0.05) is 6.92 Å². The number of hydrogen-bond acceptors (Lipinski definition) is 4. The van der Waals surface area contributed by atoms with Crippen molar-refractivity contribution in [3.05, 3.63) is 42.0 Å². The summed E-state index contributed by atoms with van der Waals surface area (Å²) in [5.41, 5.74) is 1.55. The van der Waals surface area contributed by atoms with Crippen LogP contribution in [0.3, 0.4) is 0 Å². The number of hydrogen-bond donors (Lipinski definition) is 2. The fraction of sp³-hybridized carbons (Fsp3) is 0.450. The average Bonchev–Trinajstić information content (AvgIpc) is 3.37. The van der Waals surface area contributed by atoms with Crippen molar-refractivity contribution in [1.29, 1.82) is 0 Å². The molecule has 1 aliphatic heterocycles. The van der Waals surface area contributed by atoms with Crippen LogP contribution in [0.15, 0.2) is 39.9 Å². The number of oxazole rings is 1. The number of carbonyl (C=O) groups is 1. The van der Waals surface area contributed by atoms with Crippen LogP contribution in [-0.2, 0) is 11.2 Å². The first kappa shape index (κ1) is 19.9. The fourth-order valence-electron chi connectivity index (χ4n) is 3.17. The van der Waals surface area contributed by atoms with Crippen molar-refractivity contribution in [2.45, 2.75) is 32.2 Å². The van der Waals surface area contributed by atoms with Crippen LogP contribution in [0.1, 0.15) is 25.5 Å². The maximum Gasteiger partial charge on any atom is 0.226 e. The second-order valence-corrected chi connectivity index (χ2v) is 6.72. The summed E-state index contributed by atoms with van der Waals surface area (Å²) in [6.45, 7) is 4.01. The Balaban J connectivity index is 1.45. The lowest BCUT2D eigenvalue weighted by molar-refractivity contribution is -0.129. The van der Waals surface area contributed by atoms with Crippen LogP contribution in [0.2, 0.25) is 0 Å². The van der Waals surface area contributed by atoms with Crippen LogP contribution in [0.5, 0.6) is 0 Å². The molecule has 0 spiro atoms. The smallest absolute Gasteiger partial charge is 0.226 e. The van der Waals surface area contributed by atoms with Gasteiger partial charge < -0.3 is 20.0 Å². The molecule has 1 saturated heterocycles. The monoisotopic (exact) mass is 387 g/mol. The third-order valence-corrected chi connectivity index (χ3v) is 4.72. The lowest BCUT2D eigenvalue weighted by Gasteiger charge is -2.18. The maximum absolute atomic E-state index is 13.0. The first-order valence-corrected chi connectivity index (χ1v) is 9.54. The molecule has 7 nitrogen and oxygen atoms in total. The number of nitrogens with one attached hydrogen (secondary N) is 2. The summed E-state index contributed by atoms with van der Waals surface area (Å²) in [5.74, 6) is 1.08. The van der Waals surface area contributed by atoms with Crippen molar-refractivity contribution >= 4 is 11.9 Å². The van der Waals surface area contributed by atoms with Crippen molar-refractivity contribution in [3.8, 4) is 11.5 Å². The highest BCUT2D eigenvalue weighted by atomic mass is 19.1. The Kier molecular flexibility index (Phi) is 6.62. The van der Waals surface area contributed by atoms with Crippen molar-refractivity contribution in [3.63, 3.8) is 0 Å². The van der Waals surface area contributed by atoms with Crippen molar-refractivity contribution in [2.24, 2.45) is 4.99 Å². The van der Waals surface area contributed by atoms with Gasteiger partial charge in [0.1, 0.15) is 12.1 Å². The summed E-state index contributed by atoms with van der Waals surface area (Å²) < 4.78 is 18.5. The second kappa shape index (κ2) is 9.34. The molecule has 2 N–H and O–H groups in total. The zero-order chi connectivity index (χ0) is 19.9. The molecular weight excluding hydrogens is 361 g/mol. The van der Waals surface area contributed by atoms with Crippen LogP contribution < -0.4 is 10.6 Å². The number of likely N-dealkylation sites (tertiary alicyclic amines) is 1. The van der Waals surface area contributed by atoms with E-state index in [0.717, 1.165) is 24.2 Å². The van der Waals surface area contributed by atoms with Crippen LogP contribution >= 0.6 is 0 Å². The van der Waals surface area contributed by atoms with E-state index in [9.17, 15) is 9.18 Å².